The predicted octanol–water partition coefficient (Wildman–Crippen LogP) is 2.62. The van der Waals surface area contributed by atoms with E-state index >= 15 is 0 Å². The summed E-state index contributed by atoms with van der Waals surface area (Å²) in [4.78, 5) is 27.9. The molecule has 7 heteroatoms. The van der Waals surface area contributed by atoms with Gasteiger partial charge in [0.1, 0.15) is 0 Å². The summed E-state index contributed by atoms with van der Waals surface area (Å²) in [6.07, 6.45) is 0.700. The summed E-state index contributed by atoms with van der Waals surface area (Å²) in [7, 11) is 1.62. The Balaban J connectivity index is 2.41. The van der Waals surface area contributed by atoms with Crippen molar-refractivity contribution in [2.45, 2.75) is 39.3 Å². The van der Waals surface area contributed by atoms with Gasteiger partial charge < -0.3 is 15.0 Å². The normalized spacial score (nSPS) is 11.7. The van der Waals surface area contributed by atoms with Gasteiger partial charge in [-0.25, -0.2) is 0 Å². The second kappa shape index (κ2) is 7.27. The van der Waals surface area contributed by atoms with Crippen LogP contribution in [0.5, 0.6) is 0 Å². The Hall–Kier alpha value is -1.99. The number of fused-ring (bicyclic) bond motifs is 1. The third-order valence-corrected chi connectivity index (χ3v) is 3.79. The summed E-state index contributed by atoms with van der Waals surface area (Å²) in [5.74, 6) is -0.187. The number of rotatable bonds is 5. The molecule has 0 atom stereocenters. The largest absolute Gasteiger partial charge is 0.385 e. The molecule has 1 aromatic heterocycles. The third-order valence-electron chi connectivity index (χ3n) is 3.46. The molecule has 0 aliphatic carbocycles. The quantitative estimate of drug-likeness (QED) is 0.643. The van der Waals surface area contributed by atoms with E-state index in [1.165, 1.54) is 4.57 Å². The van der Waals surface area contributed by atoms with E-state index in [0.717, 1.165) is 0 Å². The zero-order valence-corrected chi connectivity index (χ0v) is 15.3. The number of hydrogen-bond acceptors (Lipinski definition) is 4. The van der Waals surface area contributed by atoms with Crippen molar-refractivity contribution in [3.63, 3.8) is 0 Å². The van der Waals surface area contributed by atoms with Crippen molar-refractivity contribution in [3.05, 3.63) is 38.9 Å². The Bertz CT molecular complexity index is 862. The maximum atomic E-state index is 12.6. The highest BCUT2D eigenvalue weighted by atomic mass is 32.1. The topological polar surface area (TPSA) is 76.1 Å². The first-order valence-corrected chi connectivity index (χ1v) is 8.22. The van der Waals surface area contributed by atoms with Gasteiger partial charge in [-0.15, -0.1) is 0 Å². The van der Waals surface area contributed by atoms with Crippen LogP contribution in [0.2, 0.25) is 0 Å². The van der Waals surface area contributed by atoms with Gasteiger partial charge in [-0.1, -0.05) is 0 Å². The maximum absolute atomic E-state index is 12.6. The number of aromatic amines is 1. The average Bonchev–Trinajstić information content (AvgIpc) is 2.48. The van der Waals surface area contributed by atoms with Crippen molar-refractivity contribution >= 4 is 29.0 Å². The minimum Gasteiger partial charge on any atom is -0.385 e. The van der Waals surface area contributed by atoms with Crippen molar-refractivity contribution in [2.24, 2.45) is 0 Å². The highest BCUT2D eigenvalue weighted by molar-refractivity contribution is 7.71. The number of carbonyl (C=O) groups is 1. The maximum Gasteiger partial charge on any atom is 0.262 e. The van der Waals surface area contributed by atoms with Gasteiger partial charge in [-0.05, 0) is 57.6 Å². The van der Waals surface area contributed by atoms with Gasteiger partial charge in [0, 0.05) is 31.4 Å². The molecule has 1 aromatic carbocycles. The number of ether oxygens (including phenoxy) is 1. The first-order valence-electron chi connectivity index (χ1n) is 7.81. The highest BCUT2D eigenvalue weighted by Crippen LogP contribution is 2.12. The van der Waals surface area contributed by atoms with Crippen molar-refractivity contribution in [1.82, 2.24) is 14.9 Å². The van der Waals surface area contributed by atoms with Crippen molar-refractivity contribution in [2.75, 3.05) is 13.7 Å². The molecule has 2 N–H and O–H groups in total. The Morgan fingerprint density at radius 3 is 2.71 bits per heavy atom. The SMILES string of the molecule is COCCCn1c(=S)[nH]c2cc(C(=O)NC(C)(C)C)ccc2c1=O. The van der Waals surface area contributed by atoms with Crippen LogP contribution >= 0.6 is 12.2 Å². The van der Waals surface area contributed by atoms with Crippen LogP contribution in [0, 0.1) is 4.77 Å². The summed E-state index contributed by atoms with van der Waals surface area (Å²) in [5, 5.41) is 3.41. The van der Waals surface area contributed by atoms with E-state index < -0.39 is 0 Å². The van der Waals surface area contributed by atoms with E-state index in [1.807, 2.05) is 20.8 Å². The van der Waals surface area contributed by atoms with Gasteiger partial charge in [0.05, 0.1) is 10.9 Å². The number of amides is 1. The Morgan fingerprint density at radius 1 is 1.38 bits per heavy atom. The number of hydrogen-bond donors (Lipinski definition) is 2. The lowest BCUT2D eigenvalue weighted by Crippen LogP contribution is -2.40. The average molecular weight is 349 g/mol. The first kappa shape index (κ1) is 18.4. The molecule has 0 bridgehead atoms. The van der Waals surface area contributed by atoms with E-state index in [4.69, 9.17) is 17.0 Å². The molecule has 0 spiro atoms. The van der Waals surface area contributed by atoms with E-state index in [2.05, 4.69) is 10.3 Å². The Kier molecular flexibility index (Phi) is 5.56. The molecule has 0 aliphatic heterocycles. The molecule has 2 rings (SSSR count). The van der Waals surface area contributed by atoms with Gasteiger partial charge in [-0.2, -0.15) is 0 Å². The molecule has 1 amide bonds. The predicted molar refractivity (Wildman–Crippen MR) is 97.1 cm³/mol. The molecule has 0 radical (unpaired) electrons. The first-order chi connectivity index (χ1) is 11.2. The molecule has 0 saturated heterocycles. The molecular formula is C17H23N3O3S. The van der Waals surface area contributed by atoms with Crippen LogP contribution < -0.4 is 10.9 Å². The summed E-state index contributed by atoms with van der Waals surface area (Å²) in [5.41, 5.74) is 0.561. The molecular weight excluding hydrogens is 326 g/mol. The van der Waals surface area contributed by atoms with Crippen LogP contribution in [0.1, 0.15) is 37.6 Å². The number of H-pyrrole nitrogens is 1. The van der Waals surface area contributed by atoms with Gasteiger partial charge >= 0.3 is 0 Å². The van der Waals surface area contributed by atoms with Crippen molar-refractivity contribution < 1.29 is 9.53 Å². The molecule has 1 heterocycles. The smallest absolute Gasteiger partial charge is 0.262 e. The summed E-state index contributed by atoms with van der Waals surface area (Å²) < 4.78 is 6.87. The zero-order valence-electron chi connectivity index (χ0n) is 14.4. The molecule has 0 fully saturated rings. The summed E-state index contributed by atoms with van der Waals surface area (Å²) >= 11 is 5.28. The number of carbonyl (C=O) groups excluding carboxylic acids is 1. The van der Waals surface area contributed by atoms with E-state index in [0.29, 0.717) is 40.8 Å². The van der Waals surface area contributed by atoms with E-state index in [1.54, 1.807) is 25.3 Å². The van der Waals surface area contributed by atoms with Crippen LogP contribution in [0.15, 0.2) is 23.0 Å². The van der Waals surface area contributed by atoms with Gasteiger partial charge in [0.2, 0.25) is 0 Å². The van der Waals surface area contributed by atoms with E-state index in [-0.39, 0.29) is 17.0 Å². The standard InChI is InChI=1S/C17H23N3O3S/c1-17(2,3)19-14(21)11-6-7-12-13(10-11)18-16(24)20(15(12)22)8-5-9-23-4/h6-7,10H,5,8-9H2,1-4H3,(H,18,24)(H,19,21). The molecule has 24 heavy (non-hydrogen) atoms. The van der Waals surface area contributed by atoms with Crippen LogP contribution in [0.4, 0.5) is 0 Å². The minimum absolute atomic E-state index is 0.160. The fourth-order valence-electron chi connectivity index (χ4n) is 2.38. The molecule has 0 unspecified atom stereocenters. The number of benzene rings is 1. The zero-order chi connectivity index (χ0) is 17.9. The number of aromatic nitrogens is 2. The molecule has 0 aliphatic rings. The van der Waals surface area contributed by atoms with Crippen LogP contribution in [0.3, 0.4) is 0 Å². The van der Waals surface area contributed by atoms with Gasteiger partial charge in [-0.3, -0.25) is 14.2 Å². The summed E-state index contributed by atoms with van der Waals surface area (Å²) in [6.45, 7) is 6.80. The minimum atomic E-state index is -0.330. The molecule has 2 aromatic rings. The fourth-order valence-corrected chi connectivity index (χ4v) is 2.66. The lowest BCUT2D eigenvalue weighted by molar-refractivity contribution is 0.0919. The summed E-state index contributed by atoms with van der Waals surface area (Å²) in [6, 6.07) is 4.97. The van der Waals surface area contributed by atoms with Crippen molar-refractivity contribution in [1.29, 1.82) is 0 Å². The highest BCUT2D eigenvalue weighted by Gasteiger charge is 2.16. The number of methoxy groups -OCH3 is 1. The Morgan fingerprint density at radius 2 is 2.08 bits per heavy atom. The second-order valence-electron chi connectivity index (χ2n) is 6.70. The van der Waals surface area contributed by atoms with Crippen LogP contribution in [0.25, 0.3) is 10.9 Å². The Labute approximate surface area is 145 Å². The second-order valence-corrected chi connectivity index (χ2v) is 7.08. The van der Waals surface area contributed by atoms with E-state index in [9.17, 15) is 9.59 Å². The fraction of sp³-hybridized carbons (Fsp3) is 0.471. The lowest BCUT2D eigenvalue weighted by atomic mass is 10.1. The van der Waals surface area contributed by atoms with Gasteiger partial charge in [0.25, 0.3) is 11.5 Å². The van der Waals surface area contributed by atoms with Crippen LogP contribution in [-0.2, 0) is 11.3 Å². The molecule has 6 nitrogen and oxygen atoms in total. The molecule has 130 valence electrons. The number of nitrogens with zero attached hydrogens (tertiary/aromatic N) is 1. The van der Waals surface area contributed by atoms with Crippen LogP contribution in [-0.4, -0.2) is 34.7 Å². The lowest BCUT2D eigenvalue weighted by Gasteiger charge is -2.20. The third kappa shape index (κ3) is 4.30. The van der Waals surface area contributed by atoms with Crippen molar-refractivity contribution in [3.8, 4) is 0 Å². The molecule has 0 saturated carbocycles. The number of nitrogens with one attached hydrogen (secondary N) is 2. The van der Waals surface area contributed by atoms with Gasteiger partial charge in [0.15, 0.2) is 4.77 Å². The monoisotopic (exact) mass is 349 g/mol.